The Morgan fingerprint density at radius 3 is 2.53 bits per heavy atom. The number of benzene rings is 1. The molecule has 0 aliphatic rings. The molecule has 1 rings (SSSR count). The third-order valence-corrected chi connectivity index (χ3v) is 2.67. The van der Waals surface area contributed by atoms with Crippen LogP contribution >= 0.6 is 0 Å². The van der Waals surface area contributed by atoms with Gasteiger partial charge in [0.05, 0.1) is 6.54 Å². The molecule has 0 spiro atoms. The summed E-state index contributed by atoms with van der Waals surface area (Å²) in [5.74, 6) is 0.525. The molecule has 0 saturated heterocycles. The third kappa shape index (κ3) is 4.89. The van der Waals surface area contributed by atoms with E-state index in [-0.39, 0.29) is 5.91 Å². The van der Waals surface area contributed by atoms with E-state index in [1.54, 1.807) is 0 Å². The SMILES string of the molecule is Cc1ccc(NCC(=O)NCC(C)C)cc1C. The maximum absolute atomic E-state index is 11.5. The first-order valence-electron chi connectivity index (χ1n) is 6.07. The number of hydrogen-bond donors (Lipinski definition) is 2. The van der Waals surface area contributed by atoms with Crippen molar-refractivity contribution < 1.29 is 4.79 Å². The lowest BCUT2D eigenvalue weighted by Gasteiger charge is -2.10. The highest BCUT2D eigenvalue weighted by atomic mass is 16.1. The number of nitrogens with one attached hydrogen (secondary N) is 2. The van der Waals surface area contributed by atoms with Crippen molar-refractivity contribution >= 4 is 11.6 Å². The zero-order valence-electron chi connectivity index (χ0n) is 11.1. The van der Waals surface area contributed by atoms with E-state index in [0.29, 0.717) is 12.5 Å². The number of carbonyl (C=O) groups is 1. The molecule has 0 heterocycles. The molecule has 3 heteroatoms. The van der Waals surface area contributed by atoms with Crippen molar-refractivity contribution in [2.24, 2.45) is 5.92 Å². The van der Waals surface area contributed by atoms with Crippen molar-refractivity contribution in [3.05, 3.63) is 29.3 Å². The van der Waals surface area contributed by atoms with Crippen LogP contribution < -0.4 is 10.6 Å². The van der Waals surface area contributed by atoms with Crippen molar-refractivity contribution in [3.63, 3.8) is 0 Å². The Morgan fingerprint density at radius 2 is 1.94 bits per heavy atom. The Labute approximate surface area is 104 Å². The van der Waals surface area contributed by atoms with Gasteiger partial charge in [-0.3, -0.25) is 4.79 Å². The van der Waals surface area contributed by atoms with Gasteiger partial charge in [0.1, 0.15) is 0 Å². The summed E-state index contributed by atoms with van der Waals surface area (Å²) in [5.41, 5.74) is 3.49. The molecule has 0 aromatic heterocycles. The van der Waals surface area contributed by atoms with Crippen LogP contribution in [0.25, 0.3) is 0 Å². The van der Waals surface area contributed by atoms with Crippen LogP contribution in [0.4, 0.5) is 5.69 Å². The molecule has 3 nitrogen and oxygen atoms in total. The van der Waals surface area contributed by atoms with E-state index in [2.05, 4.69) is 50.5 Å². The van der Waals surface area contributed by atoms with Gasteiger partial charge in [-0.2, -0.15) is 0 Å². The molecule has 0 radical (unpaired) electrons. The molecule has 0 aliphatic heterocycles. The Kier molecular flexibility index (Phi) is 5.01. The van der Waals surface area contributed by atoms with Gasteiger partial charge in [-0.15, -0.1) is 0 Å². The van der Waals surface area contributed by atoms with E-state index in [1.807, 2.05) is 6.07 Å². The fourth-order valence-electron chi connectivity index (χ4n) is 1.41. The van der Waals surface area contributed by atoms with Gasteiger partial charge >= 0.3 is 0 Å². The summed E-state index contributed by atoms with van der Waals surface area (Å²) < 4.78 is 0. The van der Waals surface area contributed by atoms with Gasteiger partial charge in [-0.25, -0.2) is 0 Å². The van der Waals surface area contributed by atoms with Gasteiger partial charge in [0.25, 0.3) is 0 Å². The normalized spacial score (nSPS) is 10.4. The molecular formula is C14H22N2O. The van der Waals surface area contributed by atoms with Crippen LogP contribution in [0.5, 0.6) is 0 Å². The zero-order valence-corrected chi connectivity index (χ0v) is 11.1. The number of aryl methyl sites for hydroxylation is 2. The van der Waals surface area contributed by atoms with Crippen LogP contribution in [-0.2, 0) is 4.79 Å². The second-order valence-corrected chi connectivity index (χ2v) is 4.85. The van der Waals surface area contributed by atoms with E-state index >= 15 is 0 Å². The predicted octanol–water partition coefficient (Wildman–Crippen LogP) is 2.49. The number of anilines is 1. The lowest BCUT2D eigenvalue weighted by molar-refractivity contribution is -0.119. The topological polar surface area (TPSA) is 41.1 Å². The molecule has 0 bridgehead atoms. The van der Waals surface area contributed by atoms with E-state index in [0.717, 1.165) is 12.2 Å². The number of hydrogen-bond acceptors (Lipinski definition) is 2. The summed E-state index contributed by atoms with van der Waals surface area (Å²) in [6.07, 6.45) is 0. The fourth-order valence-corrected chi connectivity index (χ4v) is 1.41. The molecule has 2 N–H and O–H groups in total. The summed E-state index contributed by atoms with van der Waals surface area (Å²) in [5, 5.41) is 6.00. The molecule has 17 heavy (non-hydrogen) atoms. The van der Waals surface area contributed by atoms with Crippen LogP contribution in [0.2, 0.25) is 0 Å². The summed E-state index contributed by atoms with van der Waals surface area (Å²) in [6.45, 7) is 9.37. The average molecular weight is 234 g/mol. The Balaban J connectivity index is 2.39. The minimum atomic E-state index is 0.0388. The molecular weight excluding hydrogens is 212 g/mol. The zero-order chi connectivity index (χ0) is 12.8. The van der Waals surface area contributed by atoms with Crippen LogP contribution in [0.1, 0.15) is 25.0 Å². The largest absolute Gasteiger partial charge is 0.376 e. The predicted molar refractivity (Wildman–Crippen MR) is 72.3 cm³/mol. The smallest absolute Gasteiger partial charge is 0.239 e. The minimum Gasteiger partial charge on any atom is -0.376 e. The van der Waals surface area contributed by atoms with Gasteiger partial charge < -0.3 is 10.6 Å². The molecule has 1 aromatic carbocycles. The molecule has 0 saturated carbocycles. The molecule has 0 fully saturated rings. The van der Waals surface area contributed by atoms with Crippen molar-refractivity contribution in [2.75, 3.05) is 18.4 Å². The van der Waals surface area contributed by atoms with E-state index < -0.39 is 0 Å². The summed E-state index contributed by atoms with van der Waals surface area (Å²) >= 11 is 0. The maximum Gasteiger partial charge on any atom is 0.239 e. The van der Waals surface area contributed by atoms with Gasteiger partial charge in [-0.1, -0.05) is 19.9 Å². The van der Waals surface area contributed by atoms with Gasteiger partial charge in [0, 0.05) is 12.2 Å². The molecule has 1 aromatic rings. The molecule has 0 unspecified atom stereocenters. The van der Waals surface area contributed by atoms with E-state index in [9.17, 15) is 4.79 Å². The second-order valence-electron chi connectivity index (χ2n) is 4.85. The van der Waals surface area contributed by atoms with Gasteiger partial charge in [-0.05, 0) is 43.0 Å². The highest BCUT2D eigenvalue weighted by Gasteiger charge is 2.02. The Bertz CT molecular complexity index is 386. The second kappa shape index (κ2) is 6.28. The minimum absolute atomic E-state index is 0.0388. The fraction of sp³-hybridized carbons (Fsp3) is 0.500. The maximum atomic E-state index is 11.5. The molecule has 94 valence electrons. The number of amides is 1. The Hall–Kier alpha value is -1.51. The molecule has 0 aliphatic carbocycles. The summed E-state index contributed by atoms with van der Waals surface area (Å²) in [4.78, 5) is 11.5. The monoisotopic (exact) mass is 234 g/mol. The highest BCUT2D eigenvalue weighted by molar-refractivity contribution is 5.80. The quantitative estimate of drug-likeness (QED) is 0.822. The van der Waals surface area contributed by atoms with Crippen molar-refractivity contribution in [1.82, 2.24) is 5.32 Å². The first kappa shape index (κ1) is 13.6. The number of rotatable bonds is 5. The average Bonchev–Trinajstić information content (AvgIpc) is 2.28. The van der Waals surface area contributed by atoms with Crippen LogP contribution in [-0.4, -0.2) is 19.0 Å². The standard InChI is InChI=1S/C14H22N2O/c1-10(2)8-16-14(17)9-15-13-6-5-11(3)12(4)7-13/h5-7,10,15H,8-9H2,1-4H3,(H,16,17). The first-order chi connectivity index (χ1) is 7.99. The summed E-state index contributed by atoms with van der Waals surface area (Å²) in [6, 6.07) is 6.12. The highest BCUT2D eigenvalue weighted by Crippen LogP contribution is 2.13. The molecule has 0 atom stereocenters. The third-order valence-electron chi connectivity index (χ3n) is 2.67. The lowest BCUT2D eigenvalue weighted by atomic mass is 10.1. The molecule has 1 amide bonds. The van der Waals surface area contributed by atoms with Crippen LogP contribution in [0.15, 0.2) is 18.2 Å². The first-order valence-corrected chi connectivity index (χ1v) is 6.07. The number of carbonyl (C=O) groups excluding carboxylic acids is 1. The Morgan fingerprint density at radius 1 is 1.24 bits per heavy atom. The van der Waals surface area contributed by atoms with Crippen LogP contribution in [0.3, 0.4) is 0 Å². The lowest BCUT2D eigenvalue weighted by Crippen LogP contribution is -2.32. The van der Waals surface area contributed by atoms with E-state index in [1.165, 1.54) is 11.1 Å². The van der Waals surface area contributed by atoms with Gasteiger partial charge in [0.2, 0.25) is 5.91 Å². The van der Waals surface area contributed by atoms with Crippen molar-refractivity contribution in [3.8, 4) is 0 Å². The van der Waals surface area contributed by atoms with Crippen molar-refractivity contribution in [1.29, 1.82) is 0 Å². The van der Waals surface area contributed by atoms with E-state index in [4.69, 9.17) is 0 Å². The van der Waals surface area contributed by atoms with Crippen molar-refractivity contribution in [2.45, 2.75) is 27.7 Å². The summed E-state index contributed by atoms with van der Waals surface area (Å²) in [7, 11) is 0. The van der Waals surface area contributed by atoms with Gasteiger partial charge in [0.15, 0.2) is 0 Å². The van der Waals surface area contributed by atoms with Crippen LogP contribution in [0, 0.1) is 19.8 Å².